The fourth-order valence-corrected chi connectivity index (χ4v) is 2.88. The number of hydrazine groups is 1. The second-order valence-corrected chi connectivity index (χ2v) is 7.42. The van der Waals surface area contributed by atoms with E-state index in [4.69, 9.17) is 4.74 Å². The van der Waals surface area contributed by atoms with Gasteiger partial charge in [-0.3, -0.25) is 25.2 Å². The van der Waals surface area contributed by atoms with Crippen LogP contribution in [0, 0.1) is 13.8 Å². The summed E-state index contributed by atoms with van der Waals surface area (Å²) in [5.74, 6) is -0.718. The van der Waals surface area contributed by atoms with Crippen LogP contribution in [0.5, 0.6) is 5.75 Å². The number of benzene rings is 2. The molecule has 0 spiro atoms. The Hall–Kier alpha value is -3.35. The number of hydrogen-bond donors (Lipinski definition) is 3. The summed E-state index contributed by atoms with van der Waals surface area (Å²) in [7, 11) is 0. The van der Waals surface area contributed by atoms with E-state index in [2.05, 4.69) is 23.1 Å². The van der Waals surface area contributed by atoms with E-state index in [0.29, 0.717) is 17.9 Å². The van der Waals surface area contributed by atoms with E-state index in [1.807, 2.05) is 32.0 Å². The summed E-state index contributed by atoms with van der Waals surface area (Å²) in [5.41, 5.74) is 7.79. The SMILES string of the molecule is CCCCCOc1ccccc1C(=O)NNC(=O)CCC(=O)Nc1cc(C)ccc1C. The first-order chi connectivity index (χ1) is 14.9. The van der Waals surface area contributed by atoms with E-state index in [0.717, 1.165) is 36.1 Å². The Morgan fingerprint density at radius 1 is 0.903 bits per heavy atom. The largest absolute Gasteiger partial charge is 0.493 e. The highest BCUT2D eigenvalue weighted by atomic mass is 16.5. The van der Waals surface area contributed by atoms with Gasteiger partial charge in [-0.2, -0.15) is 0 Å². The van der Waals surface area contributed by atoms with Gasteiger partial charge in [-0.1, -0.05) is 44.0 Å². The van der Waals surface area contributed by atoms with Crippen LogP contribution >= 0.6 is 0 Å². The summed E-state index contributed by atoms with van der Waals surface area (Å²) in [6.07, 6.45) is 3.01. The molecule has 0 aliphatic carbocycles. The quantitative estimate of drug-likeness (QED) is 0.395. The van der Waals surface area contributed by atoms with Gasteiger partial charge in [-0.25, -0.2) is 0 Å². The fourth-order valence-electron chi connectivity index (χ4n) is 2.88. The van der Waals surface area contributed by atoms with E-state index in [9.17, 15) is 14.4 Å². The number of carbonyl (C=O) groups is 3. The van der Waals surface area contributed by atoms with Crippen LogP contribution in [0.2, 0.25) is 0 Å². The van der Waals surface area contributed by atoms with Crippen molar-refractivity contribution in [2.45, 2.75) is 52.9 Å². The van der Waals surface area contributed by atoms with Gasteiger partial charge < -0.3 is 10.1 Å². The van der Waals surface area contributed by atoms with Gasteiger partial charge in [-0.05, 0) is 49.6 Å². The smallest absolute Gasteiger partial charge is 0.273 e. The van der Waals surface area contributed by atoms with Crippen molar-refractivity contribution in [2.24, 2.45) is 0 Å². The number of unbranched alkanes of at least 4 members (excludes halogenated alkanes) is 2. The van der Waals surface area contributed by atoms with Crippen LogP contribution in [-0.4, -0.2) is 24.3 Å². The van der Waals surface area contributed by atoms with Gasteiger partial charge in [-0.15, -0.1) is 0 Å². The van der Waals surface area contributed by atoms with Gasteiger partial charge >= 0.3 is 0 Å². The third-order valence-electron chi connectivity index (χ3n) is 4.70. The van der Waals surface area contributed by atoms with E-state index in [-0.39, 0.29) is 18.7 Å². The average molecular weight is 426 g/mol. The number of hydrogen-bond acceptors (Lipinski definition) is 4. The van der Waals surface area contributed by atoms with Gasteiger partial charge in [0.1, 0.15) is 5.75 Å². The highest BCUT2D eigenvalue weighted by Crippen LogP contribution is 2.18. The first kappa shape index (κ1) is 23.9. The molecule has 0 bridgehead atoms. The van der Waals surface area contributed by atoms with E-state index in [1.54, 1.807) is 24.3 Å². The summed E-state index contributed by atoms with van der Waals surface area (Å²) in [6.45, 7) is 6.49. The minimum Gasteiger partial charge on any atom is -0.493 e. The number of aryl methyl sites for hydroxylation is 2. The molecule has 2 aromatic carbocycles. The van der Waals surface area contributed by atoms with Gasteiger partial charge in [0.05, 0.1) is 12.2 Å². The molecule has 3 N–H and O–H groups in total. The fraction of sp³-hybridized carbons (Fsp3) is 0.375. The van der Waals surface area contributed by atoms with Gasteiger partial charge in [0, 0.05) is 18.5 Å². The van der Waals surface area contributed by atoms with Crippen molar-refractivity contribution in [3.63, 3.8) is 0 Å². The summed E-state index contributed by atoms with van der Waals surface area (Å²) < 4.78 is 5.69. The molecule has 7 heteroatoms. The number of ether oxygens (including phenoxy) is 1. The molecule has 7 nitrogen and oxygen atoms in total. The number of amides is 3. The number of anilines is 1. The molecule has 0 atom stereocenters. The maximum atomic E-state index is 12.4. The third kappa shape index (κ3) is 8.12. The van der Waals surface area contributed by atoms with Crippen LogP contribution in [0.3, 0.4) is 0 Å². The Labute approximate surface area is 183 Å². The Morgan fingerprint density at radius 3 is 2.42 bits per heavy atom. The number of carbonyl (C=O) groups excluding carboxylic acids is 3. The monoisotopic (exact) mass is 425 g/mol. The molecular formula is C24H31N3O4. The lowest BCUT2D eigenvalue weighted by Gasteiger charge is -2.12. The lowest BCUT2D eigenvalue weighted by molar-refractivity contribution is -0.124. The summed E-state index contributed by atoms with van der Waals surface area (Å²) in [5, 5.41) is 2.81. The molecule has 0 saturated heterocycles. The van der Waals surface area contributed by atoms with Crippen molar-refractivity contribution in [3.8, 4) is 5.75 Å². The highest BCUT2D eigenvalue weighted by molar-refractivity contribution is 5.98. The molecule has 0 unspecified atom stereocenters. The van der Waals surface area contributed by atoms with Crippen LogP contribution in [0.4, 0.5) is 5.69 Å². The zero-order valence-corrected chi connectivity index (χ0v) is 18.4. The van der Waals surface area contributed by atoms with Crippen molar-refractivity contribution in [2.75, 3.05) is 11.9 Å². The van der Waals surface area contributed by atoms with E-state index < -0.39 is 11.8 Å². The Bertz CT molecular complexity index is 911. The number of nitrogens with one attached hydrogen (secondary N) is 3. The highest BCUT2D eigenvalue weighted by Gasteiger charge is 2.14. The van der Waals surface area contributed by atoms with Gasteiger partial charge in [0.15, 0.2) is 0 Å². The molecule has 0 aliphatic heterocycles. The Balaban J connectivity index is 1.79. The molecular weight excluding hydrogens is 394 g/mol. The van der Waals surface area contributed by atoms with Crippen molar-refractivity contribution in [1.82, 2.24) is 10.9 Å². The molecule has 166 valence electrons. The number of para-hydroxylation sites is 1. The van der Waals surface area contributed by atoms with Crippen LogP contribution in [-0.2, 0) is 9.59 Å². The maximum Gasteiger partial charge on any atom is 0.273 e. The zero-order chi connectivity index (χ0) is 22.6. The van der Waals surface area contributed by atoms with Crippen LogP contribution < -0.4 is 20.9 Å². The first-order valence-corrected chi connectivity index (χ1v) is 10.6. The molecule has 0 saturated carbocycles. The predicted molar refractivity (Wildman–Crippen MR) is 121 cm³/mol. The normalized spacial score (nSPS) is 10.3. The van der Waals surface area contributed by atoms with Crippen molar-refractivity contribution in [3.05, 3.63) is 59.2 Å². The predicted octanol–water partition coefficient (Wildman–Crippen LogP) is 4.05. The van der Waals surface area contributed by atoms with Crippen LogP contribution in [0.25, 0.3) is 0 Å². The molecule has 0 aromatic heterocycles. The molecule has 0 radical (unpaired) electrons. The third-order valence-corrected chi connectivity index (χ3v) is 4.70. The molecule has 2 aromatic rings. The second-order valence-electron chi connectivity index (χ2n) is 7.42. The van der Waals surface area contributed by atoms with Gasteiger partial charge in [0.2, 0.25) is 11.8 Å². The first-order valence-electron chi connectivity index (χ1n) is 10.6. The lowest BCUT2D eigenvalue weighted by atomic mass is 10.1. The molecule has 3 amide bonds. The summed E-state index contributed by atoms with van der Waals surface area (Å²) in [4.78, 5) is 36.6. The minimum atomic E-state index is -0.473. The molecule has 0 heterocycles. The molecule has 0 fully saturated rings. The molecule has 2 rings (SSSR count). The van der Waals surface area contributed by atoms with Crippen molar-refractivity contribution < 1.29 is 19.1 Å². The van der Waals surface area contributed by atoms with Crippen LogP contribution in [0.1, 0.15) is 60.5 Å². The molecule has 0 aliphatic rings. The lowest BCUT2D eigenvalue weighted by Crippen LogP contribution is -2.42. The van der Waals surface area contributed by atoms with Gasteiger partial charge in [0.25, 0.3) is 5.91 Å². The standard InChI is InChI=1S/C24H31N3O4/c1-4-5-8-15-31-21-10-7-6-9-19(21)24(30)27-26-23(29)14-13-22(28)25-20-16-17(2)11-12-18(20)3/h6-7,9-12,16H,4-5,8,13-15H2,1-3H3,(H,25,28)(H,26,29)(H,27,30). The van der Waals surface area contributed by atoms with E-state index in [1.165, 1.54) is 0 Å². The Morgan fingerprint density at radius 2 is 1.65 bits per heavy atom. The summed E-state index contributed by atoms with van der Waals surface area (Å²) >= 11 is 0. The zero-order valence-electron chi connectivity index (χ0n) is 18.4. The van der Waals surface area contributed by atoms with Crippen LogP contribution in [0.15, 0.2) is 42.5 Å². The minimum absolute atomic E-state index is 0.00616. The average Bonchev–Trinajstić information content (AvgIpc) is 2.76. The van der Waals surface area contributed by atoms with Crippen molar-refractivity contribution >= 4 is 23.4 Å². The second kappa shape index (κ2) is 12.4. The Kier molecular flexibility index (Phi) is 9.55. The summed E-state index contributed by atoms with van der Waals surface area (Å²) in [6, 6.07) is 12.7. The number of rotatable bonds is 10. The maximum absolute atomic E-state index is 12.4. The topological polar surface area (TPSA) is 96.5 Å². The van der Waals surface area contributed by atoms with E-state index >= 15 is 0 Å². The van der Waals surface area contributed by atoms with Crippen molar-refractivity contribution in [1.29, 1.82) is 0 Å². The molecule has 31 heavy (non-hydrogen) atoms.